The topological polar surface area (TPSA) is 24.9 Å². The molecule has 2 aromatic rings. The van der Waals surface area contributed by atoms with Crippen molar-refractivity contribution in [1.82, 2.24) is 10.3 Å². The predicted molar refractivity (Wildman–Crippen MR) is 75.4 cm³/mol. The number of hydrogen-bond donors (Lipinski definition) is 1. The Morgan fingerprint density at radius 1 is 1.11 bits per heavy atom. The first-order valence-electron chi connectivity index (χ1n) is 6.37. The fourth-order valence-electron chi connectivity index (χ4n) is 2.01. The van der Waals surface area contributed by atoms with Crippen LogP contribution in [0.2, 0.25) is 0 Å². The largest absolute Gasteiger partial charge is 0.305 e. The Labute approximate surface area is 109 Å². The Balaban J connectivity index is 1.98. The van der Waals surface area contributed by atoms with Gasteiger partial charge in [0.1, 0.15) is 0 Å². The van der Waals surface area contributed by atoms with Crippen LogP contribution in [-0.2, 0) is 6.54 Å². The maximum absolute atomic E-state index is 4.49. The van der Waals surface area contributed by atoms with Gasteiger partial charge in [-0.25, -0.2) is 0 Å². The summed E-state index contributed by atoms with van der Waals surface area (Å²) in [5.74, 6) is 0. The molecular weight excluding hydrogens is 220 g/mol. The predicted octanol–water partition coefficient (Wildman–Crippen LogP) is 3.55. The molecule has 1 aromatic heterocycles. The van der Waals surface area contributed by atoms with Gasteiger partial charge in [0.25, 0.3) is 0 Å². The number of benzene rings is 1. The van der Waals surface area contributed by atoms with Crippen LogP contribution in [0.5, 0.6) is 0 Å². The SMILES string of the molecule is Cc1cccc([C@@H](C)NCc2cccc(C)n2)c1. The number of nitrogens with zero attached hydrogens (tertiary/aromatic N) is 1. The lowest BCUT2D eigenvalue weighted by molar-refractivity contribution is 0.567. The van der Waals surface area contributed by atoms with E-state index in [0.29, 0.717) is 6.04 Å². The van der Waals surface area contributed by atoms with Crippen molar-refractivity contribution in [1.29, 1.82) is 0 Å². The summed E-state index contributed by atoms with van der Waals surface area (Å²) < 4.78 is 0. The normalized spacial score (nSPS) is 12.4. The number of aromatic nitrogens is 1. The molecule has 2 nitrogen and oxygen atoms in total. The van der Waals surface area contributed by atoms with Crippen molar-refractivity contribution in [2.75, 3.05) is 0 Å². The molecule has 0 aliphatic rings. The van der Waals surface area contributed by atoms with Crippen LogP contribution in [0.4, 0.5) is 0 Å². The van der Waals surface area contributed by atoms with Gasteiger partial charge in [-0.3, -0.25) is 4.98 Å². The first-order valence-corrected chi connectivity index (χ1v) is 6.37. The molecule has 0 saturated carbocycles. The summed E-state index contributed by atoms with van der Waals surface area (Å²) in [5.41, 5.74) is 4.78. The summed E-state index contributed by atoms with van der Waals surface area (Å²) in [6.45, 7) is 7.13. The molecule has 1 aromatic carbocycles. The summed E-state index contributed by atoms with van der Waals surface area (Å²) >= 11 is 0. The zero-order valence-electron chi connectivity index (χ0n) is 11.3. The Kier molecular flexibility index (Phi) is 4.11. The van der Waals surface area contributed by atoms with Gasteiger partial charge in [-0.2, -0.15) is 0 Å². The second kappa shape index (κ2) is 5.78. The van der Waals surface area contributed by atoms with Gasteiger partial charge < -0.3 is 5.32 Å². The van der Waals surface area contributed by atoms with Crippen molar-refractivity contribution in [3.63, 3.8) is 0 Å². The lowest BCUT2D eigenvalue weighted by Gasteiger charge is -2.14. The van der Waals surface area contributed by atoms with Gasteiger partial charge in [0.2, 0.25) is 0 Å². The molecule has 0 radical (unpaired) electrons. The molecule has 0 unspecified atom stereocenters. The fourth-order valence-corrected chi connectivity index (χ4v) is 2.01. The Hall–Kier alpha value is -1.67. The standard InChI is InChI=1S/C16H20N2/c1-12-6-4-8-15(10-12)14(3)17-11-16-9-5-7-13(2)18-16/h4-10,14,17H,11H2,1-3H3/t14-/m1/s1. The summed E-state index contributed by atoms with van der Waals surface area (Å²) in [6, 6.07) is 15.1. The van der Waals surface area contributed by atoms with E-state index in [1.54, 1.807) is 0 Å². The number of pyridine rings is 1. The fraction of sp³-hybridized carbons (Fsp3) is 0.312. The third-order valence-electron chi connectivity index (χ3n) is 3.08. The van der Waals surface area contributed by atoms with Gasteiger partial charge in [0.15, 0.2) is 0 Å². The molecule has 1 atom stereocenters. The van der Waals surface area contributed by atoms with Gasteiger partial charge >= 0.3 is 0 Å². The number of aryl methyl sites for hydroxylation is 2. The van der Waals surface area contributed by atoms with Crippen molar-refractivity contribution in [3.8, 4) is 0 Å². The highest BCUT2D eigenvalue weighted by atomic mass is 14.9. The molecule has 0 aliphatic carbocycles. The molecule has 0 saturated heterocycles. The summed E-state index contributed by atoms with van der Waals surface area (Å²) in [7, 11) is 0. The number of rotatable bonds is 4. The van der Waals surface area contributed by atoms with E-state index in [9.17, 15) is 0 Å². The molecule has 0 fully saturated rings. The molecule has 2 rings (SSSR count). The van der Waals surface area contributed by atoms with Gasteiger partial charge in [-0.1, -0.05) is 35.9 Å². The second-order valence-electron chi connectivity index (χ2n) is 4.79. The molecule has 1 heterocycles. The minimum absolute atomic E-state index is 0.340. The third-order valence-corrected chi connectivity index (χ3v) is 3.08. The highest BCUT2D eigenvalue weighted by Gasteiger charge is 2.05. The van der Waals surface area contributed by atoms with Crippen molar-refractivity contribution in [2.45, 2.75) is 33.4 Å². The Bertz CT molecular complexity index is 520. The molecule has 1 N–H and O–H groups in total. The highest BCUT2D eigenvalue weighted by Crippen LogP contribution is 2.14. The van der Waals surface area contributed by atoms with Crippen LogP contribution in [0, 0.1) is 13.8 Å². The maximum Gasteiger partial charge on any atom is 0.0545 e. The molecule has 2 heteroatoms. The minimum Gasteiger partial charge on any atom is -0.305 e. The van der Waals surface area contributed by atoms with Gasteiger partial charge in [-0.15, -0.1) is 0 Å². The lowest BCUT2D eigenvalue weighted by Crippen LogP contribution is -2.18. The quantitative estimate of drug-likeness (QED) is 0.884. The van der Waals surface area contributed by atoms with Crippen LogP contribution < -0.4 is 5.32 Å². The molecule has 18 heavy (non-hydrogen) atoms. The summed E-state index contributed by atoms with van der Waals surface area (Å²) in [6.07, 6.45) is 0. The zero-order chi connectivity index (χ0) is 13.0. The number of nitrogens with one attached hydrogen (secondary N) is 1. The van der Waals surface area contributed by atoms with E-state index in [1.807, 2.05) is 13.0 Å². The van der Waals surface area contributed by atoms with E-state index >= 15 is 0 Å². The molecular formula is C16H20N2. The van der Waals surface area contributed by atoms with Crippen molar-refractivity contribution in [3.05, 3.63) is 65.0 Å². The third kappa shape index (κ3) is 3.41. The van der Waals surface area contributed by atoms with Gasteiger partial charge in [0.05, 0.1) is 5.69 Å². The van der Waals surface area contributed by atoms with Crippen LogP contribution in [0.15, 0.2) is 42.5 Å². The van der Waals surface area contributed by atoms with E-state index < -0.39 is 0 Å². The van der Waals surface area contributed by atoms with Crippen LogP contribution in [-0.4, -0.2) is 4.98 Å². The van der Waals surface area contributed by atoms with Crippen molar-refractivity contribution in [2.24, 2.45) is 0 Å². The van der Waals surface area contributed by atoms with Gasteiger partial charge in [0, 0.05) is 18.3 Å². The average molecular weight is 240 g/mol. The smallest absolute Gasteiger partial charge is 0.0545 e. The summed E-state index contributed by atoms with van der Waals surface area (Å²) in [5, 5.41) is 3.51. The molecule has 0 aliphatic heterocycles. The molecule has 0 spiro atoms. The highest BCUT2D eigenvalue weighted by molar-refractivity contribution is 5.24. The lowest BCUT2D eigenvalue weighted by atomic mass is 10.1. The number of hydrogen-bond acceptors (Lipinski definition) is 2. The molecule has 0 bridgehead atoms. The minimum atomic E-state index is 0.340. The van der Waals surface area contributed by atoms with Crippen LogP contribution in [0.3, 0.4) is 0 Å². The van der Waals surface area contributed by atoms with Crippen molar-refractivity contribution >= 4 is 0 Å². The zero-order valence-corrected chi connectivity index (χ0v) is 11.3. The van der Waals surface area contributed by atoms with E-state index in [2.05, 4.69) is 60.5 Å². The average Bonchev–Trinajstić information content (AvgIpc) is 2.36. The first-order chi connectivity index (χ1) is 8.65. The second-order valence-corrected chi connectivity index (χ2v) is 4.79. The van der Waals surface area contributed by atoms with E-state index in [-0.39, 0.29) is 0 Å². The van der Waals surface area contributed by atoms with E-state index in [0.717, 1.165) is 17.9 Å². The monoisotopic (exact) mass is 240 g/mol. The Morgan fingerprint density at radius 3 is 2.61 bits per heavy atom. The van der Waals surface area contributed by atoms with Crippen molar-refractivity contribution < 1.29 is 0 Å². The first kappa shape index (κ1) is 12.8. The maximum atomic E-state index is 4.49. The summed E-state index contributed by atoms with van der Waals surface area (Å²) in [4.78, 5) is 4.49. The Morgan fingerprint density at radius 2 is 1.89 bits per heavy atom. The molecule has 94 valence electrons. The van der Waals surface area contributed by atoms with E-state index in [1.165, 1.54) is 11.1 Å². The van der Waals surface area contributed by atoms with Gasteiger partial charge in [-0.05, 0) is 38.5 Å². The molecule has 0 amide bonds. The van der Waals surface area contributed by atoms with Crippen LogP contribution in [0.1, 0.15) is 35.5 Å². The van der Waals surface area contributed by atoms with E-state index in [4.69, 9.17) is 0 Å². The van der Waals surface area contributed by atoms with Crippen LogP contribution in [0.25, 0.3) is 0 Å². The van der Waals surface area contributed by atoms with Crippen LogP contribution >= 0.6 is 0 Å².